The summed E-state index contributed by atoms with van der Waals surface area (Å²) in [5.41, 5.74) is 4.14. The van der Waals surface area contributed by atoms with Crippen LogP contribution in [0.2, 0.25) is 0 Å². The van der Waals surface area contributed by atoms with Crippen LogP contribution in [0.5, 0.6) is 0 Å². The zero-order valence-electron chi connectivity index (χ0n) is 26.0. The number of halogens is 2. The molecule has 1 fully saturated rings. The van der Waals surface area contributed by atoms with E-state index in [4.69, 9.17) is 4.74 Å². The Morgan fingerprint density at radius 3 is 2.54 bits per heavy atom. The van der Waals surface area contributed by atoms with Crippen LogP contribution in [0.4, 0.5) is 8.78 Å². The Bertz CT molecular complexity index is 1890. The third-order valence-electron chi connectivity index (χ3n) is 9.33. The van der Waals surface area contributed by atoms with Gasteiger partial charge in [-0.25, -0.2) is 18.6 Å². The number of ether oxygens (including phenoxy) is 1. The van der Waals surface area contributed by atoms with Gasteiger partial charge in [0.2, 0.25) is 0 Å². The van der Waals surface area contributed by atoms with E-state index in [1.807, 2.05) is 13.8 Å². The lowest BCUT2D eigenvalue weighted by Gasteiger charge is -2.37. The average Bonchev–Trinajstić information content (AvgIpc) is 3.48. The van der Waals surface area contributed by atoms with E-state index in [1.54, 1.807) is 42.2 Å². The number of rotatable bonds is 6. The van der Waals surface area contributed by atoms with Crippen molar-refractivity contribution in [1.29, 1.82) is 5.26 Å². The molecule has 6 rings (SSSR count). The molecule has 3 aromatic carbocycles. The molecule has 46 heavy (non-hydrogen) atoms. The first-order valence-corrected chi connectivity index (χ1v) is 15.4. The fourth-order valence-corrected chi connectivity index (χ4v) is 6.67. The van der Waals surface area contributed by atoms with Crippen molar-refractivity contribution in [1.82, 2.24) is 14.9 Å². The number of nitriles is 1. The number of likely N-dealkylation sites (tertiary alicyclic amines) is 1. The number of aromatic nitrogens is 2. The number of nitrogens with one attached hydrogen (secondary N) is 1. The van der Waals surface area contributed by atoms with Crippen LogP contribution >= 0.6 is 0 Å². The fraction of sp³-hybridized carbons (Fsp3) is 0.333. The van der Waals surface area contributed by atoms with Gasteiger partial charge >= 0.3 is 5.97 Å². The van der Waals surface area contributed by atoms with Crippen LogP contribution in [0.1, 0.15) is 79.7 Å². The number of aryl methyl sites for hydroxylation is 2. The van der Waals surface area contributed by atoms with Crippen molar-refractivity contribution < 1.29 is 28.2 Å². The Balaban J connectivity index is 1.28. The molecule has 2 aliphatic heterocycles. The zero-order valence-corrected chi connectivity index (χ0v) is 26.0. The SMILES string of the molecule is CCc1cc(F)c(-c2nc3c([nH]2)COCC3)cc1C(=O)N1CCC(F)(c2ccc(C#N)c(-c3c(C)ccc(C(=O)O)c3C)c2)CC1. The van der Waals surface area contributed by atoms with Gasteiger partial charge in [-0.2, -0.15) is 5.26 Å². The molecular weight excluding hydrogens is 590 g/mol. The topological polar surface area (TPSA) is 119 Å². The maximum atomic E-state index is 16.7. The molecule has 10 heteroatoms. The van der Waals surface area contributed by atoms with Gasteiger partial charge in [-0.1, -0.05) is 19.1 Å². The molecule has 0 unspecified atom stereocenters. The lowest BCUT2D eigenvalue weighted by atomic mass is 9.82. The van der Waals surface area contributed by atoms with E-state index in [1.165, 1.54) is 12.1 Å². The van der Waals surface area contributed by atoms with E-state index in [-0.39, 0.29) is 43.0 Å². The third kappa shape index (κ3) is 5.45. The molecule has 4 aromatic rings. The summed E-state index contributed by atoms with van der Waals surface area (Å²) in [6, 6.07) is 13.1. The number of amides is 1. The summed E-state index contributed by atoms with van der Waals surface area (Å²) >= 11 is 0. The van der Waals surface area contributed by atoms with E-state index < -0.39 is 17.5 Å². The first-order valence-electron chi connectivity index (χ1n) is 15.4. The van der Waals surface area contributed by atoms with Gasteiger partial charge in [-0.15, -0.1) is 0 Å². The minimum atomic E-state index is -1.78. The Kier molecular flexibility index (Phi) is 8.21. The molecule has 0 atom stereocenters. The highest BCUT2D eigenvalue weighted by Gasteiger charge is 2.39. The Hall–Kier alpha value is -4.88. The van der Waals surface area contributed by atoms with Crippen LogP contribution < -0.4 is 0 Å². The van der Waals surface area contributed by atoms with Crippen molar-refractivity contribution in [2.75, 3.05) is 19.7 Å². The van der Waals surface area contributed by atoms with Crippen LogP contribution in [0.3, 0.4) is 0 Å². The first kappa shape index (κ1) is 31.1. The van der Waals surface area contributed by atoms with E-state index in [9.17, 15) is 20.0 Å². The fourth-order valence-electron chi connectivity index (χ4n) is 6.67. The van der Waals surface area contributed by atoms with Gasteiger partial charge in [0, 0.05) is 43.5 Å². The maximum Gasteiger partial charge on any atom is 0.335 e. The minimum absolute atomic E-state index is 0.0254. The number of carbonyl (C=O) groups excluding carboxylic acids is 1. The molecule has 8 nitrogen and oxygen atoms in total. The Labute approximate surface area is 265 Å². The number of imidazole rings is 1. The number of nitrogens with zero attached hydrogens (tertiary/aromatic N) is 3. The number of aromatic carboxylic acids is 1. The lowest BCUT2D eigenvalue weighted by Crippen LogP contribution is -2.43. The minimum Gasteiger partial charge on any atom is -0.478 e. The van der Waals surface area contributed by atoms with Gasteiger partial charge < -0.3 is 19.7 Å². The molecule has 0 radical (unpaired) electrons. The number of alkyl halides is 1. The maximum absolute atomic E-state index is 16.7. The molecular formula is C36H34F2N4O4. The predicted molar refractivity (Wildman–Crippen MR) is 168 cm³/mol. The molecule has 2 N–H and O–H groups in total. The molecule has 0 bridgehead atoms. The van der Waals surface area contributed by atoms with Gasteiger partial charge in [0.25, 0.3) is 5.91 Å². The van der Waals surface area contributed by atoms with Crippen molar-refractivity contribution in [3.8, 4) is 28.6 Å². The number of aromatic amines is 1. The molecule has 1 saturated heterocycles. The van der Waals surface area contributed by atoms with Crippen molar-refractivity contribution in [2.24, 2.45) is 0 Å². The number of carboxylic acids is 1. The summed E-state index contributed by atoms with van der Waals surface area (Å²) in [6.45, 7) is 6.57. The number of H-pyrrole nitrogens is 1. The predicted octanol–water partition coefficient (Wildman–Crippen LogP) is 6.81. The number of piperidine rings is 1. The van der Waals surface area contributed by atoms with E-state index >= 15 is 8.78 Å². The quantitative estimate of drug-likeness (QED) is 0.243. The normalized spacial score (nSPS) is 15.7. The first-order chi connectivity index (χ1) is 22.0. The van der Waals surface area contributed by atoms with Crippen LogP contribution in [-0.2, 0) is 29.9 Å². The molecule has 3 heterocycles. The summed E-state index contributed by atoms with van der Waals surface area (Å²) in [5.74, 6) is -1.50. The summed E-state index contributed by atoms with van der Waals surface area (Å²) in [7, 11) is 0. The van der Waals surface area contributed by atoms with Gasteiger partial charge in [0.1, 0.15) is 17.3 Å². The van der Waals surface area contributed by atoms with Crippen molar-refractivity contribution in [3.05, 3.63) is 98.6 Å². The van der Waals surface area contributed by atoms with E-state index in [2.05, 4.69) is 16.0 Å². The van der Waals surface area contributed by atoms with Gasteiger partial charge in [-0.3, -0.25) is 4.79 Å². The average molecular weight is 625 g/mol. The second kappa shape index (κ2) is 12.1. The summed E-state index contributed by atoms with van der Waals surface area (Å²) in [6.07, 6.45) is 1.12. The Morgan fingerprint density at radius 2 is 1.87 bits per heavy atom. The number of hydrogen-bond donors (Lipinski definition) is 2. The van der Waals surface area contributed by atoms with Crippen LogP contribution in [-0.4, -0.2) is 51.5 Å². The third-order valence-corrected chi connectivity index (χ3v) is 9.33. The number of benzene rings is 3. The molecule has 2 aliphatic rings. The molecule has 0 aliphatic carbocycles. The molecule has 236 valence electrons. The van der Waals surface area contributed by atoms with Crippen molar-refractivity contribution in [3.63, 3.8) is 0 Å². The number of hydrogen-bond acceptors (Lipinski definition) is 5. The van der Waals surface area contributed by atoms with Crippen LogP contribution in [0.15, 0.2) is 42.5 Å². The van der Waals surface area contributed by atoms with Gasteiger partial charge in [0.15, 0.2) is 0 Å². The summed E-state index contributed by atoms with van der Waals surface area (Å²) in [5, 5.41) is 19.5. The molecule has 0 saturated carbocycles. The highest BCUT2D eigenvalue weighted by molar-refractivity contribution is 5.97. The second-order valence-corrected chi connectivity index (χ2v) is 12.0. The highest BCUT2D eigenvalue weighted by atomic mass is 19.1. The van der Waals surface area contributed by atoms with Crippen LogP contribution in [0, 0.1) is 31.0 Å². The van der Waals surface area contributed by atoms with Crippen LogP contribution in [0.25, 0.3) is 22.5 Å². The van der Waals surface area contributed by atoms with E-state index in [0.29, 0.717) is 70.8 Å². The monoisotopic (exact) mass is 624 g/mol. The lowest BCUT2D eigenvalue weighted by molar-refractivity contribution is 0.0420. The summed E-state index contributed by atoms with van der Waals surface area (Å²) < 4.78 is 37.4. The van der Waals surface area contributed by atoms with Gasteiger partial charge in [0.05, 0.1) is 47.4 Å². The Morgan fingerprint density at radius 1 is 1.11 bits per heavy atom. The number of carboxylic acid groups (broad SMARTS) is 1. The second-order valence-electron chi connectivity index (χ2n) is 12.0. The summed E-state index contributed by atoms with van der Waals surface area (Å²) in [4.78, 5) is 35.0. The van der Waals surface area contributed by atoms with Crippen molar-refractivity contribution >= 4 is 11.9 Å². The zero-order chi connectivity index (χ0) is 32.7. The molecule has 1 aromatic heterocycles. The number of fused-ring (bicyclic) bond motifs is 1. The largest absolute Gasteiger partial charge is 0.478 e. The standard InChI is InChI=1S/C36H34F2N4O4/c1-4-22-15-29(37)28(33-40-30-9-14-46-19-31(30)41-33)17-27(22)34(43)42-12-10-36(38,11-13-42)24-7-6-23(18-39)26(16-24)32-20(2)5-8-25(21(32)3)35(44)45/h5-8,15-17H,4,9-14,19H2,1-3H3,(H,40,41)(H,44,45). The molecule has 0 spiro atoms. The smallest absolute Gasteiger partial charge is 0.335 e. The number of carbonyl (C=O) groups is 2. The van der Waals surface area contributed by atoms with Crippen molar-refractivity contribution in [2.45, 2.75) is 58.7 Å². The van der Waals surface area contributed by atoms with Gasteiger partial charge in [-0.05, 0) is 78.4 Å². The highest BCUT2D eigenvalue weighted by Crippen LogP contribution is 2.41. The molecule has 1 amide bonds. The van der Waals surface area contributed by atoms with E-state index in [0.717, 1.165) is 17.0 Å².